The van der Waals surface area contributed by atoms with E-state index in [0.29, 0.717) is 53.7 Å². The number of morpholine rings is 1. The highest BCUT2D eigenvalue weighted by Crippen LogP contribution is 2.36. The zero-order valence-corrected chi connectivity index (χ0v) is 19.9. The molecule has 1 fully saturated rings. The van der Waals surface area contributed by atoms with Crippen molar-refractivity contribution in [3.05, 3.63) is 64.0 Å². The maximum atomic E-state index is 13.8. The molecule has 4 aromatic rings. The molecule has 8 nitrogen and oxygen atoms in total. The van der Waals surface area contributed by atoms with Gasteiger partial charge < -0.3 is 13.9 Å². The standard InChI is InChI=1S/C25H25N3O5S/c1-16-7-8-20(31-2)21-23(16)34-25(26-21)28(10-9-27-11-13-32-14-12-27)24(30)18-15-33-19-6-4-3-5-17(19)22(18)29/h3-8,15H,9-14H2,1-2H3. The molecule has 1 aliphatic heterocycles. The van der Waals surface area contributed by atoms with Gasteiger partial charge in [0.15, 0.2) is 5.13 Å². The number of rotatable bonds is 6. The lowest BCUT2D eigenvalue weighted by molar-refractivity contribution is 0.0391. The maximum absolute atomic E-state index is 13.8. The van der Waals surface area contributed by atoms with E-state index in [-0.39, 0.29) is 11.0 Å². The molecule has 0 spiro atoms. The second kappa shape index (κ2) is 9.54. The molecule has 3 heterocycles. The van der Waals surface area contributed by atoms with Crippen molar-refractivity contribution < 1.29 is 18.7 Å². The molecular weight excluding hydrogens is 454 g/mol. The van der Waals surface area contributed by atoms with Crippen molar-refractivity contribution in [1.82, 2.24) is 9.88 Å². The smallest absolute Gasteiger partial charge is 0.267 e. The van der Waals surface area contributed by atoms with Gasteiger partial charge in [0, 0.05) is 26.2 Å². The summed E-state index contributed by atoms with van der Waals surface area (Å²) in [5.41, 5.74) is 1.84. The lowest BCUT2D eigenvalue weighted by atomic mass is 10.1. The van der Waals surface area contributed by atoms with E-state index in [1.54, 1.807) is 36.3 Å². The predicted molar refractivity (Wildman–Crippen MR) is 132 cm³/mol. The van der Waals surface area contributed by atoms with Crippen molar-refractivity contribution in [2.45, 2.75) is 6.92 Å². The molecule has 5 rings (SSSR count). The number of thiazole rings is 1. The topological polar surface area (TPSA) is 85.1 Å². The van der Waals surface area contributed by atoms with Crippen molar-refractivity contribution in [2.24, 2.45) is 0 Å². The Morgan fingerprint density at radius 2 is 2.00 bits per heavy atom. The number of amides is 1. The fourth-order valence-corrected chi connectivity index (χ4v) is 5.18. The van der Waals surface area contributed by atoms with Crippen LogP contribution in [0.25, 0.3) is 21.2 Å². The largest absolute Gasteiger partial charge is 0.494 e. The molecule has 0 saturated carbocycles. The van der Waals surface area contributed by atoms with Gasteiger partial charge in [-0.3, -0.25) is 19.4 Å². The van der Waals surface area contributed by atoms with Crippen molar-refractivity contribution >= 4 is 43.6 Å². The molecule has 2 aromatic carbocycles. The van der Waals surface area contributed by atoms with Gasteiger partial charge in [0.05, 0.1) is 30.4 Å². The molecular formula is C25H25N3O5S. The highest BCUT2D eigenvalue weighted by atomic mass is 32.1. The first kappa shape index (κ1) is 22.5. The van der Waals surface area contributed by atoms with E-state index in [0.717, 1.165) is 23.4 Å². The Hall–Kier alpha value is -3.27. The van der Waals surface area contributed by atoms with Crippen molar-refractivity contribution in [3.63, 3.8) is 0 Å². The molecule has 0 radical (unpaired) electrons. The quantitative estimate of drug-likeness (QED) is 0.417. The van der Waals surface area contributed by atoms with Gasteiger partial charge in [-0.1, -0.05) is 29.5 Å². The number of benzene rings is 2. The molecule has 9 heteroatoms. The van der Waals surface area contributed by atoms with E-state index in [1.807, 2.05) is 19.1 Å². The van der Waals surface area contributed by atoms with Crippen molar-refractivity contribution in [3.8, 4) is 5.75 Å². The number of hydrogen-bond acceptors (Lipinski definition) is 8. The summed E-state index contributed by atoms with van der Waals surface area (Å²) < 4.78 is 17.5. The highest BCUT2D eigenvalue weighted by molar-refractivity contribution is 7.22. The third-order valence-electron chi connectivity index (χ3n) is 6.04. The molecule has 1 aliphatic rings. The zero-order chi connectivity index (χ0) is 23.7. The van der Waals surface area contributed by atoms with Gasteiger partial charge >= 0.3 is 0 Å². The minimum absolute atomic E-state index is 0.0105. The third-order valence-corrected chi connectivity index (χ3v) is 7.26. The Labute approximate surface area is 200 Å². The molecule has 0 bridgehead atoms. The molecule has 1 saturated heterocycles. The predicted octanol–water partition coefficient (Wildman–Crippen LogP) is 3.70. The Kier molecular flexibility index (Phi) is 6.32. The van der Waals surface area contributed by atoms with E-state index in [2.05, 4.69) is 4.90 Å². The Bertz CT molecular complexity index is 1410. The number of nitrogens with zero attached hydrogens (tertiary/aromatic N) is 3. The van der Waals surface area contributed by atoms with E-state index in [4.69, 9.17) is 18.9 Å². The van der Waals surface area contributed by atoms with Gasteiger partial charge in [0.25, 0.3) is 5.91 Å². The van der Waals surface area contributed by atoms with Gasteiger partial charge in [-0.15, -0.1) is 0 Å². The summed E-state index contributed by atoms with van der Waals surface area (Å²) in [7, 11) is 1.60. The van der Waals surface area contributed by atoms with Gasteiger partial charge in [-0.2, -0.15) is 0 Å². The molecule has 2 aromatic heterocycles. The molecule has 0 atom stereocenters. The number of hydrogen-bond donors (Lipinski definition) is 0. The second-order valence-corrected chi connectivity index (χ2v) is 9.12. The van der Waals surface area contributed by atoms with Gasteiger partial charge in [-0.25, -0.2) is 4.98 Å². The monoisotopic (exact) mass is 479 g/mol. The number of anilines is 1. The normalized spacial score (nSPS) is 14.5. The summed E-state index contributed by atoms with van der Waals surface area (Å²) in [6.07, 6.45) is 1.26. The van der Waals surface area contributed by atoms with Crippen LogP contribution in [0.1, 0.15) is 15.9 Å². The van der Waals surface area contributed by atoms with Crippen LogP contribution in [0.3, 0.4) is 0 Å². The van der Waals surface area contributed by atoms with Crippen LogP contribution in [0, 0.1) is 6.92 Å². The summed E-state index contributed by atoms with van der Waals surface area (Å²) in [6.45, 7) is 5.95. The fourth-order valence-electron chi connectivity index (χ4n) is 4.10. The van der Waals surface area contributed by atoms with E-state index in [9.17, 15) is 9.59 Å². The minimum Gasteiger partial charge on any atom is -0.494 e. The Morgan fingerprint density at radius 1 is 1.21 bits per heavy atom. The van der Waals surface area contributed by atoms with E-state index in [1.165, 1.54) is 17.6 Å². The van der Waals surface area contributed by atoms with Crippen LogP contribution in [-0.4, -0.2) is 62.3 Å². The van der Waals surface area contributed by atoms with Gasteiger partial charge in [0.2, 0.25) is 5.43 Å². The number of carbonyl (C=O) groups is 1. The number of aromatic nitrogens is 1. The van der Waals surface area contributed by atoms with Crippen LogP contribution in [0.15, 0.2) is 51.9 Å². The van der Waals surface area contributed by atoms with Crippen LogP contribution < -0.4 is 15.1 Å². The highest BCUT2D eigenvalue weighted by Gasteiger charge is 2.27. The lowest BCUT2D eigenvalue weighted by Crippen LogP contribution is -2.44. The molecule has 176 valence electrons. The van der Waals surface area contributed by atoms with Crippen LogP contribution in [0.5, 0.6) is 5.75 Å². The van der Waals surface area contributed by atoms with Crippen molar-refractivity contribution in [1.29, 1.82) is 0 Å². The van der Waals surface area contributed by atoms with Crippen LogP contribution >= 0.6 is 11.3 Å². The molecule has 1 amide bonds. The van der Waals surface area contributed by atoms with Crippen LogP contribution in [0.2, 0.25) is 0 Å². The average molecular weight is 480 g/mol. The van der Waals surface area contributed by atoms with E-state index >= 15 is 0 Å². The number of carbonyl (C=O) groups excluding carboxylic acids is 1. The molecule has 0 unspecified atom stereocenters. The third kappa shape index (κ3) is 4.18. The second-order valence-electron chi connectivity index (χ2n) is 8.14. The lowest BCUT2D eigenvalue weighted by Gasteiger charge is -2.29. The van der Waals surface area contributed by atoms with Gasteiger partial charge in [0.1, 0.15) is 28.7 Å². The van der Waals surface area contributed by atoms with Crippen molar-refractivity contribution in [2.75, 3.05) is 51.4 Å². The Morgan fingerprint density at radius 3 is 2.79 bits per heavy atom. The maximum Gasteiger partial charge on any atom is 0.267 e. The number of aryl methyl sites for hydroxylation is 1. The van der Waals surface area contributed by atoms with Crippen LogP contribution in [-0.2, 0) is 4.74 Å². The van der Waals surface area contributed by atoms with E-state index < -0.39 is 5.91 Å². The average Bonchev–Trinajstić information content (AvgIpc) is 3.31. The first-order valence-corrected chi connectivity index (χ1v) is 11.9. The zero-order valence-electron chi connectivity index (χ0n) is 19.1. The number of para-hydroxylation sites is 1. The summed E-state index contributed by atoms with van der Waals surface area (Å²) in [5.74, 6) is 0.220. The number of methoxy groups -OCH3 is 1. The molecule has 0 aliphatic carbocycles. The summed E-state index contributed by atoms with van der Waals surface area (Å²) in [4.78, 5) is 35.5. The minimum atomic E-state index is -0.427. The number of ether oxygens (including phenoxy) is 2. The molecule has 34 heavy (non-hydrogen) atoms. The van der Waals surface area contributed by atoms with Crippen LogP contribution in [0.4, 0.5) is 5.13 Å². The first-order valence-electron chi connectivity index (χ1n) is 11.1. The fraction of sp³-hybridized carbons (Fsp3) is 0.320. The first-order chi connectivity index (χ1) is 16.6. The summed E-state index contributed by atoms with van der Waals surface area (Å²) in [6, 6.07) is 10.8. The SMILES string of the molecule is COc1ccc(C)c2sc(N(CCN3CCOCC3)C(=O)c3coc4ccccc4c3=O)nc12. The molecule has 0 N–H and O–H groups in total. The summed E-state index contributed by atoms with van der Waals surface area (Å²) in [5, 5.41) is 0.900. The van der Waals surface area contributed by atoms with Gasteiger partial charge in [-0.05, 0) is 30.7 Å². The number of fused-ring (bicyclic) bond motifs is 2. The Balaban J connectivity index is 1.56. The summed E-state index contributed by atoms with van der Waals surface area (Å²) >= 11 is 1.42.